The number of piperazine rings is 1. The van der Waals surface area contributed by atoms with Gasteiger partial charge in [-0.15, -0.1) is 0 Å². The molecule has 1 saturated heterocycles. The van der Waals surface area contributed by atoms with E-state index in [9.17, 15) is 5.11 Å². The van der Waals surface area contributed by atoms with Crippen LogP contribution >= 0.6 is 22.6 Å². The van der Waals surface area contributed by atoms with Gasteiger partial charge in [0.1, 0.15) is 5.75 Å². The number of aromatic hydroxyl groups is 1. The molecule has 106 valence electrons. The van der Waals surface area contributed by atoms with Gasteiger partial charge in [-0.25, -0.2) is 0 Å². The summed E-state index contributed by atoms with van der Waals surface area (Å²) in [5, 5.41) is 13.8. The molecule has 1 aliphatic heterocycles. The second-order valence-corrected chi connectivity index (χ2v) is 6.02. The van der Waals surface area contributed by atoms with Gasteiger partial charge < -0.3 is 19.4 Å². The van der Waals surface area contributed by atoms with Crippen LogP contribution in [0.25, 0.3) is 11.5 Å². The molecular weight excluding hydrogens is 371 g/mol. The zero-order chi connectivity index (χ0) is 14.1. The highest BCUT2D eigenvalue weighted by molar-refractivity contribution is 14.1. The van der Waals surface area contributed by atoms with E-state index in [1.54, 1.807) is 6.07 Å². The molecule has 6 nitrogen and oxygen atoms in total. The van der Waals surface area contributed by atoms with E-state index in [1.807, 2.05) is 12.1 Å². The largest absolute Gasteiger partial charge is 0.507 e. The first kappa shape index (κ1) is 13.6. The fourth-order valence-corrected chi connectivity index (χ4v) is 2.45. The van der Waals surface area contributed by atoms with Crippen LogP contribution in [0.2, 0.25) is 0 Å². The van der Waals surface area contributed by atoms with Gasteiger partial charge in [-0.2, -0.15) is 4.98 Å². The van der Waals surface area contributed by atoms with Gasteiger partial charge in [0, 0.05) is 31.7 Å². The lowest BCUT2D eigenvalue weighted by molar-refractivity contribution is 0.309. The number of phenolic OH excluding ortho intramolecular Hbond substituents is 1. The monoisotopic (exact) mass is 386 g/mol. The van der Waals surface area contributed by atoms with Crippen LogP contribution < -0.4 is 4.90 Å². The third-order valence-electron chi connectivity index (χ3n) is 3.39. The zero-order valence-electron chi connectivity index (χ0n) is 11.1. The predicted octanol–water partition coefficient (Wildman–Crippen LogP) is 1.80. The van der Waals surface area contributed by atoms with E-state index < -0.39 is 0 Å². The summed E-state index contributed by atoms with van der Waals surface area (Å²) in [7, 11) is 2.10. The number of benzene rings is 1. The Balaban J connectivity index is 1.81. The minimum absolute atomic E-state index is 0.224. The maximum absolute atomic E-state index is 9.73. The molecule has 0 bridgehead atoms. The zero-order valence-corrected chi connectivity index (χ0v) is 13.2. The van der Waals surface area contributed by atoms with Crippen LogP contribution in [0.4, 0.5) is 5.95 Å². The Hall–Kier alpha value is -1.35. The summed E-state index contributed by atoms with van der Waals surface area (Å²) in [5.41, 5.74) is 0.732. The van der Waals surface area contributed by atoms with Gasteiger partial charge in [-0.05, 0) is 53.0 Å². The Morgan fingerprint density at radius 1 is 1.25 bits per heavy atom. The van der Waals surface area contributed by atoms with Gasteiger partial charge in [-0.3, -0.25) is 0 Å². The van der Waals surface area contributed by atoms with Crippen molar-refractivity contribution in [2.75, 3.05) is 38.1 Å². The molecule has 0 aliphatic carbocycles. The summed E-state index contributed by atoms with van der Waals surface area (Å²) in [4.78, 5) is 8.80. The van der Waals surface area contributed by atoms with Gasteiger partial charge in [0.15, 0.2) is 0 Å². The van der Waals surface area contributed by atoms with Crippen molar-refractivity contribution in [3.63, 3.8) is 0 Å². The van der Waals surface area contributed by atoms with Crippen LogP contribution in [0.1, 0.15) is 0 Å². The van der Waals surface area contributed by atoms with E-state index in [0.717, 1.165) is 35.3 Å². The summed E-state index contributed by atoms with van der Waals surface area (Å²) in [6, 6.07) is 5.33. The molecule has 7 heteroatoms. The molecule has 0 saturated carbocycles. The summed E-state index contributed by atoms with van der Waals surface area (Å²) in [5.74, 6) is 1.28. The predicted molar refractivity (Wildman–Crippen MR) is 83.8 cm³/mol. The van der Waals surface area contributed by atoms with Crippen LogP contribution in [-0.2, 0) is 0 Å². The maximum Gasteiger partial charge on any atom is 0.266 e. The average molecular weight is 386 g/mol. The quantitative estimate of drug-likeness (QED) is 0.795. The van der Waals surface area contributed by atoms with Crippen molar-refractivity contribution in [1.29, 1.82) is 0 Å². The lowest BCUT2D eigenvalue weighted by Gasteiger charge is -2.31. The number of aromatic nitrogens is 2. The molecule has 0 amide bonds. The molecule has 1 N–H and O–H groups in total. The standard InChI is InChI=1S/C13H15IN4O2/c1-17-4-6-18(7-5-17)13-15-12(20-16-13)9-2-3-10(14)11(19)8-9/h2-3,8,19H,4-7H2,1H3. The van der Waals surface area contributed by atoms with Crippen LogP contribution in [-0.4, -0.2) is 53.4 Å². The Kier molecular flexibility index (Phi) is 3.79. The summed E-state index contributed by atoms with van der Waals surface area (Å²) < 4.78 is 6.09. The second kappa shape index (κ2) is 5.57. The minimum atomic E-state index is 0.224. The summed E-state index contributed by atoms with van der Waals surface area (Å²) in [6.07, 6.45) is 0. The third kappa shape index (κ3) is 2.73. The Morgan fingerprint density at radius 2 is 2.00 bits per heavy atom. The minimum Gasteiger partial charge on any atom is -0.507 e. The van der Waals surface area contributed by atoms with E-state index in [2.05, 4.69) is 49.6 Å². The molecule has 0 spiro atoms. The van der Waals surface area contributed by atoms with Crippen molar-refractivity contribution in [3.8, 4) is 17.2 Å². The van der Waals surface area contributed by atoms with Crippen LogP contribution in [0, 0.1) is 3.57 Å². The number of hydrogen-bond acceptors (Lipinski definition) is 6. The van der Waals surface area contributed by atoms with E-state index in [4.69, 9.17) is 4.52 Å². The fourth-order valence-electron chi connectivity index (χ4n) is 2.11. The Labute approximate surface area is 130 Å². The van der Waals surface area contributed by atoms with Crippen molar-refractivity contribution in [1.82, 2.24) is 15.0 Å². The molecule has 0 radical (unpaired) electrons. The van der Waals surface area contributed by atoms with Crippen LogP contribution in [0.5, 0.6) is 5.75 Å². The van der Waals surface area contributed by atoms with Crippen molar-refractivity contribution >= 4 is 28.5 Å². The fraction of sp³-hybridized carbons (Fsp3) is 0.385. The number of phenols is 1. The summed E-state index contributed by atoms with van der Waals surface area (Å²) in [6.45, 7) is 3.78. The van der Waals surface area contributed by atoms with Gasteiger partial charge >= 0.3 is 0 Å². The van der Waals surface area contributed by atoms with Gasteiger partial charge in [0.05, 0.1) is 3.57 Å². The highest BCUT2D eigenvalue weighted by Gasteiger charge is 2.19. The number of likely N-dealkylation sites (N-methyl/N-ethyl adjacent to an activating group) is 1. The average Bonchev–Trinajstić information content (AvgIpc) is 2.92. The van der Waals surface area contributed by atoms with E-state index in [1.165, 1.54) is 0 Å². The molecule has 20 heavy (non-hydrogen) atoms. The third-order valence-corrected chi connectivity index (χ3v) is 4.31. The lowest BCUT2D eigenvalue weighted by Crippen LogP contribution is -2.44. The molecule has 1 fully saturated rings. The number of nitrogens with zero attached hydrogens (tertiary/aromatic N) is 4. The molecule has 0 unspecified atom stereocenters. The highest BCUT2D eigenvalue weighted by Crippen LogP contribution is 2.27. The SMILES string of the molecule is CN1CCN(c2noc(-c3ccc(I)c(O)c3)n2)CC1. The smallest absolute Gasteiger partial charge is 0.266 e. The second-order valence-electron chi connectivity index (χ2n) is 4.86. The van der Waals surface area contributed by atoms with Crippen molar-refractivity contribution in [2.45, 2.75) is 0 Å². The molecular formula is C13H15IN4O2. The number of halogens is 1. The molecule has 3 rings (SSSR count). The molecule has 1 aliphatic rings. The molecule has 1 aromatic carbocycles. The maximum atomic E-state index is 9.73. The first-order valence-electron chi connectivity index (χ1n) is 6.39. The lowest BCUT2D eigenvalue weighted by atomic mass is 10.2. The van der Waals surface area contributed by atoms with Gasteiger partial charge in [-0.1, -0.05) is 0 Å². The van der Waals surface area contributed by atoms with Crippen LogP contribution in [0.3, 0.4) is 0 Å². The van der Waals surface area contributed by atoms with Crippen LogP contribution in [0.15, 0.2) is 22.7 Å². The first-order valence-corrected chi connectivity index (χ1v) is 7.47. The number of rotatable bonds is 2. The Morgan fingerprint density at radius 3 is 2.70 bits per heavy atom. The van der Waals surface area contributed by atoms with Crippen molar-refractivity contribution in [2.24, 2.45) is 0 Å². The summed E-state index contributed by atoms with van der Waals surface area (Å²) >= 11 is 2.07. The molecule has 2 heterocycles. The van der Waals surface area contributed by atoms with Crippen molar-refractivity contribution in [3.05, 3.63) is 21.8 Å². The van der Waals surface area contributed by atoms with Gasteiger partial charge in [0.2, 0.25) is 0 Å². The van der Waals surface area contributed by atoms with E-state index >= 15 is 0 Å². The molecule has 1 aromatic heterocycles. The number of anilines is 1. The molecule has 0 atom stereocenters. The normalized spacial score (nSPS) is 16.6. The van der Waals surface area contributed by atoms with E-state index in [0.29, 0.717) is 11.8 Å². The topological polar surface area (TPSA) is 65.6 Å². The van der Waals surface area contributed by atoms with E-state index in [-0.39, 0.29) is 5.75 Å². The Bertz CT molecular complexity index is 608. The first-order chi connectivity index (χ1) is 9.63. The number of hydrogen-bond donors (Lipinski definition) is 1. The molecule has 2 aromatic rings. The van der Waals surface area contributed by atoms with Gasteiger partial charge in [0.25, 0.3) is 11.8 Å². The van der Waals surface area contributed by atoms with Crippen molar-refractivity contribution < 1.29 is 9.63 Å². The highest BCUT2D eigenvalue weighted by atomic mass is 127.